The van der Waals surface area contributed by atoms with Crippen LogP contribution in [-0.2, 0) is 6.61 Å². The summed E-state index contributed by atoms with van der Waals surface area (Å²) < 4.78 is 2.40. The third kappa shape index (κ3) is 3.14. The molecular weight excluding hydrogens is 358 g/mol. The Balaban J connectivity index is 1.29. The normalized spacial score (nSPS) is 37.7. The fourth-order valence-corrected chi connectivity index (χ4v) is 7.75. The second-order valence-electron chi connectivity index (χ2n) is 10.4. The Morgan fingerprint density at radius 3 is 2.21 bits per heavy atom. The topological polar surface area (TPSA) is 41.3 Å². The molecule has 0 radical (unpaired) electrons. The van der Waals surface area contributed by atoms with Gasteiger partial charge in [0.1, 0.15) is 12.4 Å². The molecule has 29 heavy (non-hydrogen) atoms. The van der Waals surface area contributed by atoms with Crippen molar-refractivity contribution in [2.45, 2.75) is 101 Å². The summed E-state index contributed by atoms with van der Waals surface area (Å²) in [5.41, 5.74) is 2.24. The van der Waals surface area contributed by atoms with E-state index < -0.39 is 0 Å². The van der Waals surface area contributed by atoms with Crippen molar-refractivity contribution in [1.82, 2.24) is 14.5 Å². The van der Waals surface area contributed by atoms with Gasteiger partial charge in [0.05, 0.1) is 11.0 Å². The summed E-state index contributed by atoms with van der Waals surface area (Å²) in [4.78, 5) is 7.76. The molecule has 2 aliphatic heterocycles. The lowest BCUT2D eigenvalue weighted by atomic mass is 9.68. The van der Waals surface area contributed by atoms with Gasteiger partial charge >= 0.3 is 0 Å². The van der Waals surface area contributed by atoms with Gasteiger partial charge in [0, 0.05) is 24.2 Å². The minimum absolute atomic E-state index is 0.0379. The molecule has 4 bridgehead atoms. The molecule has 4 nitrogen and oxygen atoms in total. The van der Waals surface area contributed by atoms with Crippen molar-refractivity contribution < 1.29 is 5.11 Å². The highest BCUT2D eigenvalue weighted by Gasteiger charge is 2.45. The van der Waals surface area contributed by atoms with E-state index >= 15 is 0 Å². The Bertz CT molecular complexity index is 850. The highest BCUT2D eigenvalue weighted by molar-refractivity contribution is 5.76. The predicted molar refractivity (Wildman–Crippen MR) is 116 cm³/mol. The van der Waals surface area contributed by atoms with Crippen LogP contribution in [0.5, 0.6) is 0 Å². The van der Waals surface area contributed by atoms with Gasteiger partial charge in [0.2, 0.25) is 0 Å². The summed E-state index contributed by atoms with van der Waals surface area (Å²) >= 11 is 0. The van der Waals surface area contributed by atoms with E-state index in [-0.39, 0.29) is 6.61 Å². The monoisotopic (exact) mass is 393 g/mol. The van der Waals surface area contributed by atoms with Crippen molar-refractivity contribution in [3.8, 4) is 0 Å². The molecule has 1 aromatic carbocycles. The second kappa shape index (κ2) is 7.39. The summed E-state index contributed by atoms with van der Waals surface area (Å²) in [6, 6.07) is 11.2. The first-order valence-electron chi connectivity index (χ1n) is 12.1. The summed E-state index contributed by atoms with van der Waals surface area (Å²) in [5, 5.41) is 10.0. The van der Waals surface area contributed by atoms with Gasteiger partial charge in [-0.1, -0.05) is 37.8 Å². The summed E-state index contributed by atoms with van der Waals surface area (Å²) in [6.45, 7) is 0.0379. The number of imidazole rings is 1. The molecule has 0 amide bonds. The van der Waals surface area contributed by atoms with Crippen LogP contribution in [-0.4, -0.2) is 37.7 Å². The molecule has 3 heterocycles. The molecule has 0 spiro atoms. The number of hydrogen-bond acceptors (Lipinski definition) is 3. The van der Waals surface area contributed by atoms with Crippen molar-refractivity contribution in [2.75, 3.05) is 0 Å². The minimum Gasteiger partial charge on any atom is -0.388 e. The SMILES string of the molecule is OCc1nc2ccccc2n1C1CC2CCC[C@H](C1)N2C1CC2CCC[C@@H](C2)C1. The molecule has 4 aliphatic rings. The van der Waals surface area contributed by atoms with Crippen molar-refractivity contribution in [1.29, 1.82) is 0 Å². The van der Waals surface area contributed by atoms with Crippen LogP contribution in [0.4, 0.5) is 0 Å². The second-order valence-corrected chi connectivity index (χ2v) is 10.4. The number of rotatable bonds is 3. The van der Waals surface area contributed by atoms with Crippen LogP contribution in [0, 0.1) is 11.8 Å². The standard InChI is InChI=1S/C25H35N3O/c29-16-25-26-23-9-1-2-10-24(23)28(25)22-14-19-7-4-8-20(15-22)27(19)21-12-17-5-3-6-18(11-17)13-21/h1-2,9-10,17-22,29H,3-8,11-16H2/t17-,18?,19+,20?,21?,22?/m0/s1. The summed E-state index contributed by atoms with van der Waals surface area (Å²) in [5.74, 6) is 2.86. The fraction of sp³-hybridized carbons (Fsp3) is 0.720. The van der Waals surface area contributed by atoms with Crippen LogP contribution < -0.4 is 0 Å². The number of hydrogen-bond donors (Lipinski definition) is 1. The zero-order chi connectivity index (χ0) is 19.4. The lowest BCUT2D eigenvalue weighted by molar-refractivity contribution is -0.0487. The van der Waals surface area contributed by atoms with Gasteiger partial charge in [0.25, 0.3) is 0 Å². The van der Waals surface area contributed by atoms with E-state index in [1.807, 2.05) is 0 Å². The average molecular weight is 394 g/mol. The number of para-hydroxylation sites is 2. The van der Waals surface area contributed by atoms with Crippen LogP contribution in [0.25, 0.3) is 11.0 Å². The molecule has 2 saturated heterocycles. The lowest BCUT2D eigenvalue weighted by Crippen LogP contribution is -2.58. The molecule has 2 aromatic rings. The number of fused-ring (bicyclic) bond motifs is 5. The number of benzene rings is 1. The van der Waals surface area contributed by atoms with Crippen LogP contribution in [0.1, 0.15) is 82.5 Å². The maximum Gasteiger partial charge on any atom is 0.135 e. The molecular formula is C25H35N3O. The molecule has 4 heteroatoms. The predicted octanol–water partition coefficient (Wildman–Crippen LogP) is 5.06. The van der Waals surface area contributed by atoms with Crippen molar-refractivity contribution in [3.05, 3.63) is 30.1 Å². The zero-order valence-electron chi connectivity index (χ0n) is 17.5. The highest BCUT2D eigenvalue weighted by atomic mass is 16.3. The van der Waals surface area contributed by atoms with E-state index in [0.29, 0.717) is 6.04 Å². The van der Waals surface area contributed by atoms with Gasteiger partial charge in [-0.2, -0.15) is 0 Å². The molecule has 1 aromatic heterocycles. The highest BCUT2D eigenvalue weighted by Crippen LogP contribution is 2.47. The Morgan fingerprint density at radius 2 is 1.48 bits per heavy atom. The molecule has 6 rings (SSSR count). The van der Waals surface area contributed by atoms with Crippen LogP contribution in [0.3, 0.4) is 0 Å². The quantitative estimate of drug-likeness (QED) is 0.793. The number of aliphatic hydroxyl groups excluding tert-OH is 1. The third-order valence-electron chi connectivity index (χ3n) is 8.71. The smallest absolute Gasteiger partial charge is 0.135 e. The maximum absolute atomic E-state index is 10.0. The molecule has 4 fully saturated rings. The zero-order valence-corrected chi connectivity index (χ0v) is 17.5. The Hall–Kier alpha value is -1.39. The van der Waals surface area contributed by atoms with Crippen LogP contribution >= 0.6 is 0 Å². The van der Waals surface area contributed by atoms with Gasteiger partial charge in [-0.15, -0.1) is 0 Å². The van der Waals surface area contributed by atoms with Crippen LogP contribution in [0.2, 0.25) is 0 Å². The maximum atomic E-state index is 10.0. The Morgan fingerprint density at radius 1 is 0.793 bits per heavy atom. The van der Waals surface area contributed by atoms with Gasteiger partial charge < -0.3 is 9.67 Å². The number of aromatic nitrogens is 2. The minimum atomic E-state index is 0.0379. The first kappa shape index (κ1) is 18.4. The molecule has 2 aliphatic carbocycles. The molecule has 1 N–H and O–H groups in total. The lowest BCUT2D eigenvalue weighted by Gasteiger charge is -2.55. The number of piperidine rings is 2. The van der Waals surface area contributed by atoms with Crippen molar-refractivity contribution in [3.63, 3.8) is 0 Å². The molecule has 4 unspecified atom stereocenters. The van der Waals surface area contributed by atoms with Crippen molar-refractivity contribution >= 4 is 11.0 Å². The van der Waals surface area contributed by atoms with E-state index in [1.54, 1.807) is 0 Å². The van der Waals surface area contributed by atoms with Gasteiger partial charge in [-0.3, -0.25) is 4.90 Å². The molecule has 156 valence electrons. The van der Waals surface area contributed by atoms with E-state index in [4.69, 9.17) is 4.98 Å². The van der Waals surface area contributed by atoms with E-state index in [1.165, 1.54) is 76.1 Å². The summed E-state index contributed by atoms with van der Waals surface area (Å²) in [6.07, 6.45) is 15.5. The number of nitrogens with zero attached hydrogens (tertiary/aromatic N) is 3. The van der Waals surface area contributed by atoms with E-state index in [9.17, 15) is 5.11 Å². The molecule has 6 atom stereocenters. The van der Waals surface area contributed by atoms with E-state index in [0.717, 1.165) is 41.3 Å². The van der Waals surface area contributed by atoms with Crippen LogP contribution in [0.15, 0.2) is 24.3 Å². The van der Waals surface area contributed by atoms with Gasteiger partial charge in [-0.25, -0.2) is 4.98 Å². The van der Waals surface area contributed by atoms with Crippen molar-refractivity contribution in [2.24, 2.45) is 11.8 Å². The first-order valence-corrected chi connectivity index (χ1v) is 12.1. The fourth-order valence-electron chi connectivity index (χ4n) is 7.75. The Kier molecular flexibility index (Phi) is 4.68. The number of aliphatic hydroxyl groups is 1. The Labute approximate surface area is 174 Å². The first-order chi connectivity index (χ1) is 14.3. The van der Waals surface area contributed by atoms with Gasteiger partial charge in [-0.05, 0) is 68.9 Å². The van der Waals surface area contributed by atoms with Gasteiger partial charge in [0.15, 0.2) is 0 Å². The third-order valence-corrected chi connectivity index (χ3v) is 8.71. The summed E-state index contributed by atoms with van der Waals surface area (Å²) in [7, 11) is 0. The largest absolute Gasteiger partial charge is 0.388 e. The molecule has 2 saturated carbocycles. The van der Waals surface area contributed by atoms with E-state index in [2.05, 4.69) is 33.7 Å². The average Bonchev–Trinajstić information content (AvgIpc) is 3.11.